The minimum absolute atomic E-state index is 0. The molecule has 6 rings (SSSR count). The zero-order valence-electron chi connectivity index (χ0n) is 34.9. The van der Waals surface area contributed by atoms with E-state index in [2.05, 4.69) is 42.0 Å². The molecule has 2 fully saturated rings. The van der Waals surface area contributed by atoms with Crippen molar-refractivity contribution in [3.05, 3.63) is 65.4 Å². The quantitative estimate of drug-likeness (QED) is 0.0495. The minimum atomic E-state index is -0.716. The number of carbonyl (C=O) groups is 3. The smallest absolute Gasteiger partial charge is 0.407 e. The van der Waals surface area contributed by atoms with Gasteiger partial charge >= 0.3 is 6.09 Å². The Morgan fingerprint density at radius 1 is 0.867 bits per heavy atom. The van der Waals surface area contributed by atoms with Crippen molar-refractivity contribution in [2.75, 3.05) is 34.4 Å². The third-order valence-corrected chi connectivity index (χ3v) is 10.3. The molecule has 0 bridgehead atoms. The number of ether oxygens (including phenoxy) is 2. The lowest BCUT2D eigenvalue weighted by Gasteiger charge is -2.29. The van der Waals surface area contributed by atoms with Crippen LogP contribution in [-0.2, 0) is 24.1 Å². The van der Waals surface area contributed by atoms with E-state index in [1.54, 1.807) is 18.2 Å². The second-order valence-electron chi connectivity index (χ2n) is 14.6. The summed E-state index contributed by atoms with van der Waals surface area (Å²) in [7, 11) is 4.27. The first-order valence-corrected chi connectivity index (χ1v) is 18.9. The molecule has 4 heterocycles. The first-order chi connectivity index (χ1) is 27.0. The van der Waals surface area contributed by atoms with Crippen LogP contribution in [-0.4, -0.2) is 101 Å². The van der Waals surface area contributed by atoms with Gasteiger partial charge in [0, 0.05) is 24.7 Å². The summed E-state index contributed by atoms with van der Waals surface area (Å²) >= 11 is 0. The van der Waals surface area contributed by atoms with E-state index >= 15 is 0 Å². The van der Waals surface area contributed by atoms with Crippen molar-refractivity contribution in [2.24, 2.45) is 16.8 Å². The molecule has 2 aliphatic heterocycles. The molecule has 3 amide bonds. The Morgan fingerprint density at radius 3 is 2.12 bits per heavy atom. The van der Waals surface area contributed by atoms with Crippen LogP contribution < -0.4 is 10.1 Å². The number of likely N-dealkylation sites (tertiary alicyclic amines) is 2. The van der Waals surface area contributed by atoms with Gasteiger partial charge in [0.25, 0.3) is 0 Å². The highest BCUT2D eigenvalue weighted by Crippen LogP contribution is 2.35. The van der Waals surface area contributed by atoms with Crippen molar-refractivity contribution >= 4 is 89.3 Å². The Labute approximate surface area is 379 Å². The van der Waals surface area contributed by atoms with Crippen molar-refractivity contribution in [2.45, 2.75) is 77.5 Å². The highest BCUT2D eigenvalue weighted by atomic mass is 32.1. The van der Waals surface area contributed by atoms with Gasteiger partial charge in [0.2, 0.25) is 18.2 Å². The molecule has 0 spiro atoms. The molecule has 15 nitrogen and oxygen atoms in total. The van der Waals surface area contributed by atoms with Crippen molar-refractivity contribution in [1.82, 2.24) is 35.1 Å². The maximum Gasteiger partial charge on any atom is 0.407 e. The summed E-state index contributed by atoms with van der Waals surface area (Å²) in [5.74, 6) is 8.12. The number of alkyl carbamates (subject to hydrolysis) is 1. The summed E-state index contributed by atoms with van der Waals surface area (Å²) in [6.45, 7) is 8.88. The van der Waals surface area contributed by atoms with Crippen LogP contribution in [0.2, 0.25) is 0 Å². The van der Waals surface area contributed by atoms with Gasteiger partial charge in [0.15, 0.2) is 0 Å². The molecule has 2 saturated heterocycles. The van der Waals surface area contributed by atoms with E-state index in [0.717, 1.165) is 53.8 Å². The SMILES string of the molecule is COOC=N[C@H](C(=O)N1CCC[C@H]1c1ncc(-c2ccc(C#Cc3cc4[nH]c([C@@H]5CCCN5C(=O)[C@@H](NC(=O)OC)C(C)C)nc4cc3OC)cc2)[nH]1)C(C)C.S.S.S.S. The monoisotopic (exact) mass is 902 g/mol. The average molecular weight is 903 g/mol. The van der Waals surface area contributed by atoms with Crippen LogP contribution in [0.15, 0.2) is 47.6 Å². The number of aromatic nitrogens is 4. The molecular formula is C41H58N8O7S4. The molecule has 0 radical (unpaired) electrons. The van der Waals surface area contributed by atoms with Crippen LogP contribution in [0.1, 0.15) is 88.2 Å². The molecular weight excluding hydrogens is 845 g/mol. The Hall–Kier alpha value is -4.48. The van der Waals surface area contributed by atoms with Gasteiger partial charge in [-0.15, -0.1) is 0 Å². The number of imidazole rings is 2. The maximum atomic E-state index is 13.6. The van der Waals surface area contributed by atoms with Crippen LogP contribution >= 0.6 is 54.0 Å². The standard InChI is InChI=1S/C41H50N8O7.4H2S/c1-24(2)35(43-23-56-55-7)39(50)48-18-8-10-32(48)37-42-22-31(46-37)27-15-12-26(13-16-27)14-17-28-20-29-30(21-34(28)53-5)45-38(44-29)33-11-9-19-49(33)40(51)36(25(3)4)47-41(52)54-6;;;;/h12-13,15-16,20-25,32-33,35-36H,8-11,18-19H2,1-7H3,(H,42,46)(H,44,45)(H,47,52);4*1H2/t32-,33-,35-,36-;;;;/m0..../s1. The van der Waals surface area contributed by atoms with E-state index in [4.69, 9.17) is 19.3 Å². The highest BCUT2D eigenvalue weighted by molar-refractivity contribution is 7.59. The lowest BCUT2D eigenvalue weighted by molar-refractivity contribution is -0.188. The molecule has 0 unspecified atom stereocenters. The number of nitrogens with zero attached hydrogens (tertiary/aromatic N) is 5. The number of nitrogens with one attached hydrogen (secondary N) is 3. The Kier molecular flexibility index (Phi) is 20.2. The Balaban J connectivity index is 0.00000310. The number of hydrogen-bond acceptors (Lipinski definition) is 10. The predicted octanol–water partition coefficient (Wildman–Crippen LogP) is 6.15. The fourth-order valence-corrected chi connectivity index (χ4v) is 7.34. The van der Waals surface area contributed by atoms with Crippen molar-refractivity contribution < 1.29 is 33.6 Å². The predicted molar refractivity (Wildman–Crippen MR) is 251 cm³/mol. The van der Waals surface area contributed by atoms with Crippen LogP contribution in [0.25, 0.3) is 22.3 Å². The van der Waals surface area contributed by atoms with Crippen molar-refractivity contribution in [3.63, 3.8) is 0 Å². The summed E-state index contributed by atoms with van der Waals surface area (Å²) in [5.41, 5.74) is 4.76. The summed E-state index contributed by atoms with van der Waals surface area (Å²) in [4.78, 5) is 72.9. The number of aromatic amines is 2. The van der Waals surface area contributed by atoms with Crippen LogP contribution in [0.5, 0.6) is 5.75 Å². The molecule has 2 aromatic carbocycles. The number of rotatable bonds is 12. The summed E-state index contributed by atoms with van der Waals surface area (Å²) in [6.07, 6.45) is 5.57. The fourth-order valence-electron chi connectivity index (χ4n) is 7.34. The van der Waals surface area contributed by atoms with E-state index in [0.29, 0.717) is 35.7 Å². The zero-order chi connectivity index (χ0) is 39.9. The first kappa shape index (κ1) is 51.7. The number of carbonyl (C=O) groups excluding carboxylic acids is 3. The third kappa shape index (κ3) is 11.7. The maximum absolute atomic E-state index is 13.6. The number of H-pyrrole nitrogens is 2. The van der Waals surface area contributed by atoms with Crippen LogP contribution in [0.3, 0.4) is 0 Å². The molecule has 0 aliphatic carbocycles. The van der Waals surface area contributed by atoms with Crippen LogP contribution in [0.4, 0.5) is 4.79 Å². The third-order valence-electron chi connectivity index (χ3n) is 10.3. The molecule has 19 heteroatoms. The summed E-state index contributed by atoms with van der Waals surface area (Å²) in [5, 5.41) is 2.69. The molecule has 4 aromatic rings. The largest absolute Gasteiger partial charge is 0.495 e. The minimum Gasteiger partial charge on any atom is -0.495 e. The van der Waals surface area contributed by atoms with Crippen molar-refractivity contribution in [3.8, 4) is 28.8 Å². The van der Waals surface area contributed by atoms with Gasteiger partial charge < -0.3 is 39.4 Å². The van der Waals surface area contributed by atoms with Gasteiger partial charge in [-0.3, -0.25) is 9.59 Å². The number of methoxy groups -OCH3 is 2. The molecule has 60 heavy (non-hydrogen) atoms. The van der Waals surface area contributed by atoms with E-state index in [1.165, 1.54) is 20.6 Å². The second-order valence-corrected chi connectivity index (χ2v) is 14.6. The first-order valence-electron chi connectivity index (χ1n) is 18.9. The van der Waals surface area contributed by atoms with Gasteiger partial charge in [-0.05, 0) is 61.3 Å². The van der Waals surface area contributed by atoms with E-state index in [-0.39, 0.29) is 89.7 Å². The molecule has 4 atom stereocenters. The van der Waals surface area contributed by atoms with Crippen molar-refractivity contribution in [1.29, 1.82) is 0 Å². The fraction of sp³-hybridized carbons (Fsp3) is 0.463. The van der Waals surface area contributed by atoms with Gasteiger partial charge in [0.1, 0.15) is 29.5 Å². The molecule has 0 saturated carbocycles. The molecule has 3 N–H and O–H groups in total. The zero-order valence-corrected chi connectivity index (χ0v) is 38.9. The van der Waals surface area contributed by atoms with Gasteiger partial charge in [-0.2, -0.15) is 58.9 Å². The Bertz CT molecular complexity index is 2130. The second kappa shape index (κ2) is 23.5. The lowest BCUT2D eigenvalue weighted by Crippen LogP contribution is -2.51. The number of amides is 3. The molecule has 2 aromatic heterocycles. The highest BCUT2D eigenvalue weighted by Gasteiger charge is 2.38. The average Bonchev–Trinajstić information content (AvgIpc) is 4.03. The van der Waals surface area contributed by atoms with Gasteiger partial charge in [-0.25, -0.2) is 19.8 Å². The molecule has 2 aliphatic rings. The molecule has 328 valence electrons. The topological polar surface area (TPSA) is 176 Å². The summed E-state index contributed by atoms with van der Waals surface area (Å²) in [6, 6.07) is 9.89. The van der Waals surface area contributed by atoms with E-state index < -0.39 is 18.2 Å². The lowest BCUT2D eigenvalue weighted by atomic mass is 10.0. The normalized spacial score (nSPS) is 16.8. The number of fused-ring (bicyclic) bond motifs is 1. The van der Waals surface area contributed by atoms with E-state index in [9.17, 15) is 14.4 Å². The van der Waals surface area contributed by atoms with E-state index in [1.807, 2.05) is 69.0 Å². The van der Waals surface area contributed by atoms with Gasteiger partial charge in [-0.1, -0.05) is 51.7 Å². The van der Waals surface area contributed by atoms with Gasteiger partial charge in [0.05, 0.1) is 61.9 Å². The Morgan fingerprint density at radius 2 is 1.52 bits per heavy atom. The number of hydrogen-bond donors (Lipinski definition) is 3. The number of aliphatic imine (C=N–C) groups is 1. The van der Waals surface area contributed by atoms with Crippen LogP contribution in [0, 0.1) is 23.7 Å². The summed E-state index contributed by atoms with van der Waals surface area (Å²) < 4.78 is 10.5. The number of benzene rings is 2.